The van der Waals surface area contributed by atoms with Gasteiger partial charge in [-0.25, -0.2) is 4.99 Å². The minimum Gasteiger partial charge on any atom is -0.366 e. The molecule has 1 N–H and O–H groups in total. The van der Waals surface area contributed by atoms with E-state index in [0.717, 1.165) is 0 Å². The van der Waals surface area contributed by atoms with Gasteiger partial charge in [-0.1, -0.05) is 0 Å². The summed E-state index contributed by atoms with van der Waals surface area (Å²) >= 11 is 0. The molecule has 0 saturated heterocycles. The second-order valence-corrected chi connectivity index (χ2v) is 3.30. The molecule has 0 aromatic heterocycles. The van der Waals surface area contributed by atoms with Crippen LogP contribution >= 0.6 is 0 Å². The number of nitriles is 2. The monoisotopic (exact) mass is 202 g/mol. The van der Waals surface area contributed by atoms with Gasteiger partial charge in [0.05, 0.1) is 6.04 Å². The highest BCUT2D eigenvalue weighted by Gasteiger charge is 2.22. The molecule has 1 aliphatic rings. The van der Waals surface area contributed by atoms with Gasteiger partial charge in [-0.05, 0) is 13.8 Å². The van der Waals surface area contributed by atoms with Crippen LogP contribution in [0.1, 0.15) is 20.3 Å². The van der Waals surface area contributed by atoms with Gasteiger partial charge in [-0.3, -0.25) is 4.79 Å². The number of nitrogens with zero attached hydrogens (tertiary/aromatic N) is 3. The van der Waals surface area contributed by atoms with Crippen LogP contribution in [0.2, 0.25) is 0 Å². The van der Waals surface area contributed by atoms with Crippen LogP contribution in [0, 0.1) is 22.7 Å². The molecule has 0 saturated carbocycles. The summed E-state index contributed by atoms with van der Waals surface area (Å²) in [7, 11) is 0. The van der Waals surface area contributed by atoms with Crippen molar-refractivity contribution in [1.82, 2.24) is 5.32 Å². The quantitative estimate of drug-likeness (QED) is 0.712. The average molecular weight is 202 g/mol. The number of Topliss-reactive ketones (excluding diaryl/α,β-unsaturated/α-hetero) is 1. The van der Waals surface area contributed by atoms with Gasteiger partial charge in [-0.2, -0.15) is 10.5 Å². The first-order chi connectivity index (χ1) is 7.08. The summed E-state index contributed by atoms with van der Waals surface area (Å²) in [6.07, 6.45) is 0.277. The Bertz CT molecular complexity index is 433. The molecule has 0 aromatic rings. The minimum absolute atomic E-state index is 0.0137. The first-order valence-electron chi connectivity index (χ1n) is 4.44. The van der Waals surface area contributed by atoms with Gasteiger partial charge in [0.25, 0.3) is 0 Å². The fourth-order valence-electron chi connectivity index (χ4n) is 1.31. The Balaban J connectivity index is 2.96. The van der Waals surface area contributed by atoms with Gasteiger partial charge < -0.3 is 5.32 Å². The molecule has 0 fully saturated rings. The van der Waals surface area contributed by atoms with Crippen LogP contribution in [0.4, 0.5) is 0 Å². The van der Waals surface area contributed by atoms with Crippen LogP contribution in [0.25, 0.3) is 0 Å². The maximum absolute atomic E-state index is 10.9. The fourth-order valence-corrected chi connectivity index (χ4v) is 1.31. The van der Waals surface area contributed by atoms with Crippen LogP contribution in [0.3, 0.4) is 0 Å². The molecular weight excluding hydrogens is 192 g/mol. The molecule has 5 heteroatoms. The number of rotatable bonds is 2. The highest BCUT2D eigenvalue weighted by molar-refractivity contribution is 5.94. The van der Waals surface area contributed by atoms with E-state index in [1.54, 1.807) is 6.92 Å². The molecule has 5 nitrogen and oxygen atoms in total. The molecular formula is C10H10N4O. The standard InChI is InChI=1S/C10H10N4O/c1-6(15)3-8-7(2)13-9(4-11)10(5-12)14-8/h8,14H,3H2,1-2H3/t8-/m0/s1. The average Bonchev–Trinajstić information content (AvgIpc) is 2.19. The lowest BCUT2D eigenvalue weighted by Crippen LogP contribution is -2.39. The third-order valence-corrected chi connectivity index (χ3v) is 2.06. The summed E-state index contributed by atoms with van der Waals surface area (Å²) in [5.41, 5.74) is 0.866. The predicted molar refractivity (Wildman–Crippen MR) is 53.6 cm³/mol. The highest BCUT2D eigenvalue weighted by Crippen LogP contribution is 2.13. The van der Waals surface area contributed by atoms with Crippen LogP contribution in [0.5, 0.6) is 0 Å². The van der Waals surface area contributed by atoms with Gasteiger partial charge in [0.2, 0.25) is 0 Å². The number of nitrogens with one attached hydrogen (secondary N) is 1. The first-order valence-corrected chi connectivity index (χ1v) is 4.44. The zero-order chi connectivity index (χ0) is 11.4. The maximum atomic E-state index is 10.9. The molecule has 0 amide bonds. The molecule has 1 heterocycles. The van der Waals surface area contributed by atoms with Crippen molar-refractivity contribution >= 4 is 11.5 Å². The Hall–Kier alpha value is -2.14. The van der Waals surface area contributed by atoms with Gasteiger partial charge in [0.1, 0.15) is 17.9 Å². The topological polar surface area (TPSA) is 89.0 Å². The van der Waals surface area contributed by atoms with Gasteiger partial charge >= 0.3 is 0 Å². The van der Waals surface area contributed by atoms with Crippen LogP contribution < -0.4 is 5.32 Å². The number of ketones is 1. The lowest BCUT2D eigenvalue weighted by molar-refractivity contribution is -0.117. The molecule has 0 radical (unpaired) electrons. The number of carbonyl (C=O) groups excluding carboxylic acids is 1. The Morgan fingerprint density at radius 3 is 2.67 bits per heavy atom. The lowest BCUT2D eigenvalue weighted by atomic mass is 10.0. The van der Waals surface area contributed by atoms with Crippen molar-refractivity contribution in [2.24, 2.45) is 4.99 Å². The second-order valence-electron chi connectivity index (χ2n) is 3.30. The number of aliphatic imine (C=N–C) groups is 1. The number of hydrogen-bond acceptors (Lipinski definition) is 5. The van der Waals surface area contributed by atoms with Gasteiger partial charge in [0.15, 0.2) is 11.4 Å². The summed E-state index contributed by atoms with van der Waals surface area (Å²) in [6.45, 7) is 3.20. The van der Waals surface area contributed by atoms with Crippen LogP contribution in [0.15, 0.2) is 16.4 Å². The van der Waals surface area contributed by atoms with Gasteiger partial charge in [-0.15, -0.1) is 0 Å². The Kier molecular flexibility index (Phi) is 3.20. The second kappa shape index (κ2) is 4.39. The summed E-state index contributed by atoms with van der Waals surface area (Å²) in [5, 5.41) is 20.3. The fraction of sp³-hybridized carbons (Fsp3) is 0.400. The molecule has 15 heavy (non-hydrogen) atoms. The molecule has 0 bridgehead atoms. The molecule has 0 aliphatic carbocycles. The van der Waals surface area contributed by atoms with E-state index in [1.807, 2.05) is 12.1 Å². The summed E-state index contributed by atoms with van der Waals surface area (Å²) in [4.78, 5) is 14.9. The third kappa shape index (κ3) is 2.41. The van der Waals surface area contributed by atoms with Crippen molar-refractivity contribution in [3.63, 3.8) is 0 Å². The zero-order valence-corrected chi connectivity index (χ0v) is 8.53. The predicted octanol–water partition coefficient (Wildman–Crippen LogP) is 0.657. The number of allylic oxidation sites excluding steroid dienone is 2. The van der Waals surface area contributed by atoms with E-state index < -0.39 is 0 Å². The molecule has 0 spiro atoms. The van der Waals surface area contributed by atoms with Crippen LogP contribution in [-0.2, 0) is 4.79 Å². The normalized spacial score (nSPS) is 19.7. The largest absolute Gasteiger partial charge is 0.366 e. The maximum Gasteiger partial charge on any atom is 0.174 e. The molecule has 1 aliphatic heterocycles. The summed E-state index contributed by atoms with van der Waals surface area (Å²) < 4.78 is 0. The van der Waals surface area contributed by atoms with E-state index in [-0.39, 0.29) is 29.6 Å². The molecule has 1 atom stereocenters. The van der Waals surface area contributed by atoms with Crippen molar-refractivity contribution in [3.05, 3.63) is 11.4 Å². The molecule has 0 aromatic carbocycles. The first kappa shape index (κ1) is 10.9. The van der Waals surface area contributed by atoms with Gasteiger partial charge in [0, 0.05) is 12.1 Å². The highest BCUT2D eigenvalue weighted by atomic mass is 16.1. The lowest BCUT2D eigenvalue weighted by Gasteiger charge is -2.21. The van der Waals surface area contributed by atoms with E-state index in [4.69, 9.17) is 10.5 Å². The Morgan fingerprint density at radius 2 is 2.20 bits per heavy atom. The van der Waals surface area contributed by atoms with Crippen molar-refractivity contribution in [3.8, 4) is 12.1 Å². The molecule has 1 rings (SSSR count). The summed E-state index contributed by atoms with van der Waals surface area (Å²) in [6, 6.07) is 3.42. The summed E-state index contributed by atoms with van der Waals surface area (Å²) in [5.74, 6) is 0.0137. The van der Waals surface area contributed by atoms with E-state index >= 15 is 0 Å². The van der Waals surface area contributed by atoms with Crippen molar-refractivity contribution in [2.45, 2.75) is 26.3 Å². The Morgan fingerprint density at radius 1 is 1.53 bits per heavy atom. The molecule has 0 unspecified atom stereocenters. The Labute approximate surface area is 87.7 Å². The van der Waals surface area contributed by atoms with Crippen LogP contribution in [-0.4, -0.2) is 17.5 Å². The number of carbonyl (C=O) groups is 1. The van der Waals surface area contributed by atoms with Crippen molar-refractivity contribution in [1.29, 1.82) is 10.5 Å². The van der Waals surface area contributed by atoms with E-state index in [2.05, 4.69) is 10.3 Å². The van der Waals surface area contributed by atoms with Crippen molar-refractivity contribution < 1.29 is 4.79 Å². The van der Waals surface area contributed by atoms with E-state index in [9.17, 15) is 4.79 Å². The number of hydrogen-bond donors (Lipinski definition) is 1. The minimum atomic E-state index is -0.269. The SMILES string of the molecule is CC(=O)C[C@@H]1NC(C#N)=C(C#N)N=C1C. The zero-order valence-electron chi connectivity index (χ0n) is 8.53. The third-order valence-electron chi connectivity index (χ3n) is 2.06. The van der Waals surface area contributed by atoms with Crippen molar-refractivity contribution in [2.75, 3.05) is 0 Å². The van der Waals surface area contributed by atoms with E-state index in [0.29, 0.717) is 5.71 Å². The van der Waals surface area contributed by atoms with E-state index in [1.165, 1.54) is 6.92 Å². The smallest absolute Gasteiger partial charge is 0.174 e. The molecule has 76 valence electrons.